The van der Waals surface area contributed by atoms with Crippen molar-refractivity contribution in [3.05, 3.63) is 82.5 Å². The second-order valence-corrected chi connectivity index (χ2v) is 11.0. The van der Waals surface area contributed by atoms with Crippen LogP contribution in [0.15, 0.2) is 48.7 Å². The van der Waals surface area contributed by atoms with E-state index in [1.807, 2.05) is 6.07 Å². The Morgan fingerprint density at radius 1 is 0.914 bits per heavy atom. The van der Waals surface area contributed by atoms with Gasteiger partial charge in [-0.1, -0.05) is 37.4 Å². The molecule has 0 unspecified atom stereocenters. The number of imidazole rings is 1. The van der Waals surface area contributed by atoms with E-state index in [0.717, 1.165) is 11.0 Å². The summed E-state index contributed by atoms with van der Waals surface area (Å²) in [5, 5.41) is 3.65. The number of aromatic nitrogens is 2. The minimum absolute atomic E-state index is 0. The average Bonchev–Trinajstić information content (AvgIpc) is 3.76. The SMILES string of the molecule is Cc1cc2c3ccc[c-]c3c3ncc(-c4c(C5CC5)cc(C(C)C)cc4C4CC4)n3c2cc1C.[Li+]. The number of pyridine rings is 1. The van der Waals surface area contributed by atoms with Crippen LogP contribution in [0.5, 0.6) is 0 Å². The molecule has 2 heterocycles. The molecule has 0 bridgehead atoms. The number of hydrogen-bond acceptors (Lipinski definition) is 1. The third-order valence-electron chi connectivity index (χ3n) is 8.16. The Balaban J connectivity index is 0.00000229. The van der Waals surface area contributed by atoms with Crippen LogP contribution in [0.4, 0.5) is 0 Å². The molecular formula is C32H31LiN2. The predicted octanol–water partition coefficient (Wildman–Crippen LogP) is 5.61. The van der Waals surface area contributed by atoms with Crippen molar-refractivity contribution in [3.8, 4) is 11.3 Å². The predicted molar refractivity (Wildman–Crippen MR) is 142 cm³/mol. The van der Waals surface area contributed by atoms with E-state index in [0.29, 0.717) is 17.8 Å². The zero-order valence-corrected chi connectivity index (χ0v) is 21.6. The van der Waals surface area contributed by atoms with Gasteiger partial charge >= 0.3 is 18.9 Å². The standard InChI is InChI=1S/C32H31N2.Li/c1-18(2)23-15-26(21-9-10-21)31(27(16-23)22-11-12-22)30-17-33-32-25-8-6-5-7-24(25)28-13-19(3)20(4)14-29(28)34(30)32;/h5-7,13-18,21-22H,9-12H2,1-4H3;/q-1;+1. The molecule has 0 N–H and O–H groups in total. The largest absolute Gasteiger partial charge is 1.00 e. The first-order valence-corrected chi connectivity index (χ1v) is 12.9. The third-order valence-corrected chi connectivity index (χ3v) is 8.16. The first-order valence-electron chi connectivity index (χ1n) is 12.9. The molecule has 0 aliphatic heterocycles. The van der Waals surface area contributed by atoms with E-state index in [1.54, 1.807) is 11.1 Å². The first kappa shape index (κ1) is 22.9. The molecule has 3 heteroatoms. The van der Waals surface area contributed by atoms with Crippen LogP contribution in [-0.2, 0) is 0 Å². The topological polar surface area (TPSA) is 17.3 Å². The molecule has 2 fully saturated rings. The molecule has 2 aromatic heterocycles. The van der Waals surface area contributed by atoms with Crippen LogP contribution in [0, 0.1) is 19.9 Å². The first-order chi connectivity index (χ1) is 16.5. The Bertz CT molecular complexity index is 1580. The fraction of sp³-hybridized carbons (Fsp3) is 0.344. The van der Waals surface area contributed by atoms with Gasteiger partial charge in [0, 0.05) is 17.3 Å². The number of fused-ring (bicyclic) bond motifs is 6. The molecule has 0 radical (unpaired) electrons. The summed E-state index contributed by atoms with van der Waals surface area (Å²) in [6.45, 7) is 9.10. The Morgan fingerprint density at radius 3 is 2.20 bits per heavy atom. The van der Waals surface area contributed by atoms with E-state index < -0.39 is 0 Å². The van der Waals surface area contributed by atoms with Crippen LogP contribution in [-0.4, -0.2) is 9.38 Å². The molecule has 0 atom stereocenters. The second kappa shape index (κ2) is 8.26. The fourth-order valence-corrected chi connectivity index (χ4v) is 5.77. The van der Waals surface area contributed by atoms with Crippen molar-refractivity contribution in [1.29, 1.82) is 0 Å². The monoisotopic (exact) mass is 450 g/mol. The quantitative estimate of drug-likeness (QED) is 0.198. The van der Waals surface area contributed by atoms with Gasteiger partial charge in [0.1, 0.15) is 0 Å². The molecular weight excluding hydrogens is 419 g/mol. The normalized spacial score (nSPS) is 15.9. The fourth-order valence-electron chi connectivity index (χ4n) is 5.77. The molecule has 2 saturated carbocycles. The molecule has 2 aliphatic rings. The van der Waals surface area contributed by atoms with Crippen molar-refractivity contribution in [2.45, 2.75) is 71.1 Å². The zero-order valence-electron chi connectivity index (χ0n) is 21.6. The summed E-state index contributed by atoms with van der Waals surface area (Å²) in [6.07, 6.45) is 7.39. The molecule has 2 nitrogen and oxygen atoms in total. The van der Waals surface area contributed by atoms with Crippen molar-refractivity contribution in [3.63, 3.8) is 0 Å². The van der Waals surface area contributed by atoms with Crippen molar-refractivity contribution >= 4 is 27.3 Å². The Hall–Kier alpha value is -2.53. The van der Waals surface area contributed by atoms with Crippen LogP contribution in [0.3, 0.4) is 0 Å². The van der Waals surface area contributed by atoms with Gasteiger partial charge in [-0.05, 0) is 96.6 Å². The van der Waals surface area contributed by atoms with Gasteiger partial charge in [0.15, 0.2) is 0 Å². The molecule has 0 saturated heterocycles. The van der Waals surface area contributed by atoms with Crippen LogP contribution >= 0.6 is 0 Å². The maximum Gasteiger partial charge on any atom is 1.00 e. The molecule has 0 amide bonds. The van der Waals surface area contributed by atoms with E-state index in [9.17, 15) is 0 Å². The van der Waals surface area contributed by atoms with Crippen LogP contribution in [0.1, 0.15) is 85.1 Å². The summed E-state index contributed by atoms with van der Waals surface area (Å²) in [5.74, 6) is 1.94. The summed E-state index contributed by atoms with van der Waals surface area (Å²) in [7, 11) is 0. The zero-order chi connectivity index (χ0) is 23.1. The minimum atomic E-state index is 0. The van der Waals surface area contributed by atoms with Crippen LogP contribution in [0.25, 0.3) is 38.6 Å². The molecule has 35 heavy (non-hydrogen) atoms. The van der Waals surface area contributed by atoms with Crippen molar-refractivity contribution in [2.75, 3.05) is 0 Å². The van der Waals surface area contributed by atoms with Crippen LogP contribution in [0.2, 0.25) is 0 Å². The van der Waals surface area contributed by atoms with E-state index in [2.05, 4.69) is 80.8 Å². The summed E-state index contributed by atoms with van der Waals surface area (Å²) in [5.41, 5.74) is 12.3. The summed E-state index contributed by atoms with van der Waals surface area (Å²) in [6, 6.07) is 19.6. The van der Waals surface area contributed by atoms with E-state index in [-0.39, 0.29) is 18.9 Å². The van der Waals surface area contributed by atoms with Gasteiger partial charge in [0.05, 0.1) is 11.3 Å². The van der Waals surface area contributed by atoms with Crippen molar-refractivity contribution in [1.82, 2.24) is 9.38 Å². The molecule has 170 valence electrons. The summed E-state index contributed by atoms with van der Waals surface area (Å²) < 4.78 is 2.45. The van der Waals surface area contributed by atoms with Crippen LogP contribution < -0.4 is 18.9 Å². The molecule has 3 aromatic carbocycles. The summed E-state index contributed by atoms with van der Waals surface area (Å²) in [4.78, 5) is 5.06. The van der Waals surface area contributed by atoms with E-state index >= 15 is 0 Å². The maximum absolute atomic E-state index is 5.06. The molecule has 2 aliphatic carbocycles. The second-order valence-electron chi connectivity index (χ2n) is 11.0. The average molecular weight is 451 g/mol. The van der Waals surface area contributed by atoms with Gasteiger partial charge in [-0.25, -0.2) is 0 Å². The molecule has 7 rings (SSSR count). The van der Waals surface area contributed by atoms with Gasteiger partial charge < -0.3 is 4.40 Å². The van der Waals surface area contributed by atoms with Gasteiger partial charge in [0.2, 0.25) is 0 Å². The van der Waals surface area contributed by atoms with Gasteiger partial charge in [-0.3, -0.25) is 4.98 Å². The minimum Gasteiger partial charge on any atom is -0.333 e. The molecule has 5 aromatic rings. The number of benzene rings is 3. The Morgan fingerprint density at radius 2 is 1.57 bits per heavy atom. The van der Waals surface area contributed by atoms with E-state index in [4.69, 9.17) is 4.98 Å². The summed E-state index contributed by atoms with van der Waals surface area (Å²) >= 11 is 0. The van der Waals surface area contributed by atoms with Crippen molar-refractivity contribution < 1.29 is 18.9 Å². The number of rotatable bonds is 4. The van der Waals surface area contributed by atoms with Crippen molar-refractivity contribution in [2.24, 2.45) is 0 Å². The van der Waals surface area contributed by atoms with E-state index in [1.165, 1.54) is 69.9 Å². The number of hydrogen-bond donors (Lipinski definition) is 0. The number of aryl methyl sites for hydroxylation is 2. The third kappa shape index (κ3) is 3.57. The molecule has 0 spiro atoms. The van der Waals surface area contributed by atoms with Gasteiger partial charge in [-0.15, -0.1) is 29.7 Å². The Labute approximate surface area is 219 Å². The number of nitrogens with zero attached hydrogens (tertiary/aromatic N) is 2. The Kier molecular flexibility index (Phi) is 5.40. The van der Waals surface area contributed by atoms with Gasteiger partial charge in [-0.2, -0.15) is 0 Å². The van der Waals surface area contributed by atoms with Gasteiger partial charge in [0.25, 0.3) is 0 Å². The smallest absolute Gasteiger partial charge is 0.333 e. The maximum atomic E-state index is 5.06.